The van der Waals surface area contributed by atoms with Gasteiger partial charge in [0.15, 0.2) is 0 Å². The summed E-state index contributed by atoms with van der Waals surface area (Å²) >= 11 is 0. The molecule has 22 nitrogen and oxygen atoms in total. The van der Waals surface area contributed by atoms with Gasteiger partial charge in [-0.2, -0.15) is 0 Å². The van der Waals surface area contributed by atoms with Crippen LogP contribution in [0.25, 0.3) is 0 Å². The Bertz CT molecular complexity index is 3140. The van der Waals surface area contributed by atoms with Crippen LogP contribution < -0.4 is 21.3 Å². The van der Waals surface area contributed by atoms with Gasteiger partial charge in [-0.25, -0.2) is 9.59 Å². The van der Waals surface area contributed by atoms with Crippen LogP contribution in [0.1, 0.15) is 157 Å². The minimum Gasteiger partial charge on any atom is -0.505 e. The first kappa shape index (κ1) is 76.5. The number of ketones is 4. The van der Waals surface area contributed by atoms with Crippen molar-refractivity contribution in [3.05, 3.63) is 142 Å². The molecule has 512 valence electrons. The molecular weight excluding hydrogens is 1210 g/mol. The molecule has 10 unspecified atom stereocenters. The summed E-state index contributed by atoms with van der Waals surface area (Å²) < 4.78 is 22.5. The van der Waals surface area contributed by atoms with Crippen molar-refractivity contribution in [2.45, 2.75) is 206 Å². The Hall–Kier alpha value is -8.18. The number of carbonyl (C=O) groups is 10. The SMILES string of the molecule is COC1/C=C/C=C/C=C/CC(O)C(C)C(OC(=O)C(C)NC(=O)C2CCCCC2)/C(C)=C\CCC2=C(O)C(=CC(=O)C2=O)NC(=O)C1.COC1/C=C/C=C/C=C/CC(OC(=O)C(C)NC(=O)C2CCCCC2)C(C)C(O)/C(C)=C\CCC2=C(O)C(=CC(=O)C2=O)NC(=O)C1. The van der Waals surface area contributed by atoms with Gasteiger partial charge in [0.05, 0.1) is 48.7 Å². The van der Waals surface area contributed by atoms with Crippen LogP contribution in [0, 0.1) is 23.7 Å². The smallest absolute Gasteiger partial charge is 0.328 e. The van der Waals surface area contributed by atoms with Gasteiger partial charge in [-0.05, 0) is 96.6 Å². The molecule has 94 heavy (non-hydrogen) atoms. The molecular formula is C72H96N4O18. The van der Waals surface area contributed by atoms with E-state index in [0.717, 1.165) is 76.4 Å². The number of aliphatic hydroxyl groups is 4. The molecule has 0 aromatic heterocycles. The van der Waals surface area contributed by atoms with E-state index in [2.05, 4.69) is 21.3 Å². The van der Waals surface area contributed by atoms with Gasteiger partial charge < -0.3 is 60.6 Å². The minimum absolute atomic E-state index is 0.0173. The molecule has 0 radical (unpaired) electrons. The molecule has 6 rings (SSSR count). The molecule has 2 fully saturated rings. The number of rotatable bonds is 10. The summed E-state index contributed by atoms with van der Waals surface area (Å²) in [6.07, 6.45) is 31.3. The summed E-state index contributed by atoms with van der Waals surface area (Å²) in [6, 6.07) is -1.77. The van der Waals surface area contributed by atoms with E-state index in [4.69, 9.17) is 18.9 Å². The molecule has 2 saturated carbocycles. The van der Waals surface area contributed by atoms with E-state index in [1.165, 1.54) is 14.2 Å². The summed E-state index contributed by atoms with van der Waals surface area (Å²) in [5.41, 5.74) is 0.508. The number of hydrogen-bond donors (Lipinski definition) is 8. The molecule has 0 aromatic rings. The monoisotopic (exact) mass is 1300 g/mol. The Balaban J connectivity index is 0.000000341. The number of aliphatic hydroxyl groups excluding tert-OH is 4. The van der Waals surface area contributed by atoms with Gasteiger partial charge in [0, 0.05) is 67.6 Å². The van der Waals surface area contributed by atoms with E-state index in [0.29, 0.717) is 11.1 Å². The largest absolute Gasteiger partial charge is 0.505 e. The Morgan fingerprint density at radius 3 is 1.41 bits per heavy atom. The Kier molecular flexibility index (Phi) is 31.6. The number of allylic oxidation sites excluding steroid dienone is 14. The quantitative estimate of drug-likeness (QED) is 0.0441. The number of Topliss-reactive ketones (excluding diaryl/α,β-unsaturated/α-hetero) is 2. The topological polar surface area (TPSA) is 337 Å². The average Bonchev–Trinajstić information content (AvgIpc) is 0.845. The van der Waals surface area contributed by atoms with Gasteiger partial charge >= 0.3 is 11.9 Å². The van der Waals surface area contributed by atoms with Gasteiger partial charge in [-0.1, -0.05) is 137 Å². The second-order valence-corrected chi connectivity index (χ2v) is 24.7. The van der Waals surface area contributed by atoms with Crippen molar-refractivity contribution < 1.29 is 87.3 Å². The van der Waals surface area contributed by atoms with Crippen LogP contribution in [0.3, 0.4) is 0 Å². The number of ether oxygens (including phenoxy) is 4. The molecule has 2 heterocycles. The van der Waals surface area contributed by atoms with Crippen molar-refractivity contribution in [3.63, 3.8) is 0 Å². The van der Waals surface area contributed by atoms with Gasteiger partial charge in [0.25, 0.3) is 0 Å². The molecule has 6 aliphatic rings. The van der Waals surface area contributed by atoms with Crippen LogP contribution in [-0.4, -0.2) is 142 Å². The summed E-state index contributed by atoms with van der Waals surface area (Å²) in [5.74, 6) is -8.42. The predicted octanol–water partition coefficient (Wildman–Crippen LogP) is 8.30. The highest BCUT2D eigenvalue weighted by Crippen LogP contribution is 2.30. The van der Waals surface area contributed by atoms with Crippen molar-refractivity contribution in [3.8, 4) is 0 Å². The van der Waals surface area contributed by atoms with Gasteiger partial charge in [-0.15, -0.1) is 0 Å². The molecule has 4 amide bonds. The molecule has 2 aliphatic heterocycles. The Labute approximate surface area is 551 Å². The fourth-order valence-corrected chi connectivity index (χ4v) is 11.6. The molecule has 4 aliphatic carbocycles. The van der Waals surface area contributed by atoms with Crippen molar-refractivity contribution >= 4 is 58.7 Å². The van der Waals surface area contributed by atoms with Crippen LogP contribution >= 0.6 is 0 Å². The van der Waals surface area contributed by atoms with Crippen LogP contribution in [0.15, 0.2) is 142 Å². The summed E-state index contributed by atoms with van der Waals surface area (Å²) in [5, 5.41) is 54.5. The van der Waals surface area contributed by atoms with Gasteiger partial charge in [-0.3, -0.25) is 38.4 Å². The number of fused-ring (bicyclic) bond motifs is 2. The zero-order valence-corrected chi connectivity index (χ0v) is 55.4. The highest BCUT2D eigenvalue weighted by molar-refractivity contribution is 6.49. The lowest BCUT2D eigenvalue weighted by Gasteiger charge is -2.30. The first-order chi connectivity index (χ1) is 44.8. The Morgan fingerprint density at radius 1 is 0.553 bits per heavy atom. The van der Waals surface area contributed by atoms with E-state index in [1.54, 1.807) is 121 Å². The van der Waals surface area contributed by atoms with Gasteiger partial charge in [0.1, 0.15) is 35.8 Å². The second kappa shape index (κ2) is 38.9. The molecule has 0 saturated heterocycles. The second-order valence-electron chi connectivity index (χ2n) is 24.7. The first-order valence-corrected chi connectivity index (χ1v) is 32.7. The molecule has 22 heteroatoms. The lowest BCUT2D eigenvalue weighted by molar-refractivity contribution is -0.156. The minimum atomic E-state index is -1.03. The van der Waals surface area contributed by atoms with E-state index < -0.39 is 119 Å². The summed E-state index contributed by atoms with van der Waals surface area (Å²) in [7, 11) is 2.89. The van der Waals surface area contributed by atoms with Crippen molar-refractivity contribution in [2.75, 3.05) is 14.2 Å². The third kappa shape index (κ3) is 23.7. The highest BCUT2D eigenvalue weighted by atomic mass is 16.6. The Morgan fingerprint density at radius 2 is 0.968 bits per heavy atom. The lowest BCUT2D eigenvalue weighted by atomic mass is 9.88. The number of amides is 4. The number of hydrogen-bond acceptors (Lipinski definition) is 18. The predicted molar refractivity (Wildman–Crippen MR) is 351 cm³/mol. The zero-order chi connectivity index (χ0) is 69.0. The third-order valence-corrected chi connectivity index (χ3v) is 17.6. The van der Waals surface area contributed by atoms with Crippen molar-refractivity contribution in [2.24, 2.45) is 23.7 Å². The van der Waals surface area contributed by atoms with Crippen LogP contribution in [-0.2, 0) is 66.9 Å². The van der Waals surface area contributed by atoms with Crippen molar-refractivity contribution in [1.82, 2.24) is 21.3 Å². The number of carbonyl (C=O) groups excluding carboxylic acids is 10. The summed E-state index contributed by atoms with van der Waals surface area (Å²) in [6.45, 7) is 10.1. The zero-order valence-electron chi connectivity index (χ0n) is 55.4. The normalized spacial score (nSPS) is 29.6. The fraction of sp³-hybridized carbons (Fsp3) is 0.528. The molecule has 4 bridgehead atoms. The molecule has 8 N–H and O–H groups in total. The maximum absolute atomic E-state index is 13.2. The van der Waals surface area contributed by atoms with E-state index in [-0.39, 0.29) is 97.6 Å². The standard InChI is InChI=1S/2C36H48N2O9/c1-22-14-13-18-27-33(42)28(21-29(39)34(27)43)38-31(40)20-26(46-4)17-11-6-5-7-12-19-30(23(2)32(22)41)47-36(45)24(3)37-35(44)25-15-9-8-10-16-25;1-22-14-13-18-27-32(42)28(21-30(40)33(27)43)38-31(41)20-26(46-4)17-11-6-5-7-12-19-29(39)23(2)34(22)47-36(45)24(3)37-35(44)25-15-9-8-10-16-25/h5-7,11-12,14,17,21,23-26,30,32,41-42H,8-10,13,15-16,18-20H2,1-4H3,(H,37,44)(H,38,40);5-7,11-12,14,17,21,23-26,29,34,39,42H,8-10,13,15-16,18-20H2,1-4H3,(H,37,44)(H,38,41)/b2*6-5+,12-7+,17-11+,22-14-. The maximum Gasteiger partial charge on any atom is 0.328 e. The van der Waals surface area contributed by atoms with Crippen LogP contribution in [0.4, 0.5) is 0 Å². The van der Waals surface area contributed by atoms with Crippen LogP contribution in [0.5, 0.6) is 0 Å². The average molecular weight is 1310 g/mol. The molecule has 0 spiro atoms. The first-order valence-electron chi connectivity index (χ1n) is 32.7. The summed E-state index contributed by atoms with van der Waals surface area (Å²) in [4.78, 5) is 127. The molecule has 0 aromatic carbocycles. The third-order valence-electron chi connectivity index (χ3n) is 17.6. The number of methoxy groups -OCH3 is 2. The van der Waals surface area contributed by atoms with Gasteiger partial charge in [0.2, 0.25) is 46.8 Å². The number of esters is 2. The maximum atomic E-state index is 13.2. The molecule has 10 atom stereocenters. The highest BCUT2D eigenvalue weighted by Gasteiger charge is 2.36. The van der Waals surface area contributed by atoms with E-state index in [9.17, 15) is 68.4 Å². The lowest BCUT2D eigenvalue weighted by Crippen LogP contribution is -2.45. The van der Waals surface area contributed by atoms with E-state index >= 15 is 0 Å². The van der Waals surface area contributed by atoms with Crippen LogP contribution in [0.2, 0.25) is 0 Å². The van der Waals surface area contributed by atoms with Crippen molar-refractivity contribution in [1.29, 1.82) is 0 Å². The fourth-order valence-electron chi connectivity index (χ4n) is 11.6. The van der Waals surface area contributed by atoms with E-state index in [1.807, 2.05) is 6.08 Å². The number of nitrogens with one attached hydrogen (secondary N) is 4.